The maximum Gasteiger partial charge on any atom is 0.348 e. The second kappa shape index (κ2) is 7.32. The minimum atomic E-state index is -1.00. The zero-order valence-corrected chi connectivity index (χ0v) is 16.2. The van der Waals surface area contributed by atoms with Crippen molar-refractivity contribution in [3.05, 3.63) is 46.1 Å². The lowest BCUT2D eigenvalue weighted by Crippen LogP contribution is -2.11. The van der Waals surface area contributed by atoms with Crippen molar-refractivity contribution in [2.24, 2.45) is 0 Å². The predicted octanol–water partition coefficient (Wildman–Crippen LogP) is 4.32. The molecular formula is C19H19N3O4S. The van der Waals surface area contributed by atoms with Crippen LogP contribution in [0.25, 0.3) is 10.2 Å². The fourth-order valence-corrected chi connectivity index (χ4v) is 3.68. The third-order valence-electron chi connectivity index (χ3n) is 3.99. The van der Waals surface area contributed by atoms with E-state index in [9.17, 15) is 14.7 Å². The van der Waals surface area contributed by atoms with Crippen LogP contribution in [0.1, 0.15) is 45.0 Å². The molecule has 8 heteroatoms. The van der Waals surface area contributed by atoms with Gasteiger partial charge in [0.05, 0.1) is 17.1 Å². The minimum absolute atomic E-state index is 0.177. The van der Waals surface area contributed by atoms with Crippen LogP contribution in [0.3, 0.4) is 0 Å². The Labute approximate surface area is 160 Å². The van der Waals surface area contributed by atoms with Crippen LogP contribution in [0.2, 0.25) is 0 Å². The number of thiophene rings is 1. The Balaban J connectivity index is 2.06. The van der Waals surface area contributed by atoms with Crippen LogP contribution in [-0.4, -0.2) is 33.1 Å². The molecule has 0 saturated heterocycles. The Hall–Kier alpha value is -3.00. The Morgan fingerprint density at radius 1 is 1.22 bits per heavy atom. The first kappa shape index (κ1) is 18.8. The second-order valence-corrected chi connectivity index (χ2v) is 7.37. The third-order valence-corrected chi connectivity index (χ3v) is 5.17. The number of nitrogens with one attached hydrogen (secondary N) is 1. The van der Waals surface area contributed by atoms with Gasteiger partial charge in [0, 0.05) is 5.69 Å². The SMILES string of the molecule is Cc1ccc(C(=O)O)cc1Nc1ncnc2sc(C(=O)OC(C)C)c(C)c12. The van der Waals surface area contributed by atoms with Crippen molar-refractivity contribution in [2.75, 3.05) is 5.32 Å². The number of hydrogen-bond donors (Lipinski definition) is 2. The molecule has 0 bridgehead atoms. The largest absolute Gasteiger partial charge is 0.478 e. The molecule has 0 unspecified atom stereocenters. The summed E-state index contributed by atoms with van der Waals surface area (Å²) >= 11 is 1.25. The summed E-state index contributed by atoms with van der Waals surface area (Å²) in [5.41, 5.74) is 2.42. The quantitative estimate of drug-likeness (QED) is 0.631. The number of aromatic carboxylic acids is 1. The number of aromatic nitrogens is 2. The van der Waals surface area contributed by atoms with E-state index >= 15 is 0 Å². The smallest absolute Gasteiger partial charge is 0.348 e. The molecule has 0 aliphatic carbocycles. The maximum absolute atomic E-state index is 12.3. The number of carboxylic acids is 1. The average molecular weight is 385 g/mol. The highest BCUT2D eigenvalue weighted by molar-refractivity contribution is 7.20. The number of fused-ring (bicyclic) bond motifs is 1. The molecule has 27 heavy (non-hydrogen) atoms. The van der Waals surface area contributed by atoms with E-state index in [2.05, 4.69) is 15.3 Å². The van der Waals surface area contributed by atoms with E-state index < -0.39 is 5.97 Å². The summed E-state index contributed by atoms with van der Waals surface area (Å²) in [4.78, 5) is 33.3. The van der Waals surface area contributed by atoms with E-state index in [1.54, 1.807) is 32.0 Å². The van der Waals surface area contributed by atoms with E-state index in [1.165, 1.54) is 17.7 Å². The summed E-state index contributed by atoms with van der Waals surface area (Å²) in [6.07, 6.45) is 1.20. The molecule has 3 aromatic rings. The molecule has 2 aromatic heterocycles. The third kappa shape index (κ3) is 3.75. The highest BCUT2D eigenvalue weighted by Crippen LogP contribution is 2.35. The molecule has 0 aliphatic heterocycles. The number of aryl methyl sites for hydroxylation is 2. The first-order chi connectivity index (χ1) is 12.8. The Bertz CT molecular complexity index is 1040. The van der Waals surface area contributed by atoms with Crippen LogP contribution < -0.4 is 5.32 Å². The van der Waals surface area contributed by atoms with Gasteiger partial charge in [-0.05, 0) is 51.0 Å². The van der Waals surface area contributed by atoms with E-state index in [1.807, 2.05) is 13.8 Å². The molecule has 1 aromatic carbocycles. The van der Waals surface area contributed by atoms with Crippen molar-refractivity contribution < 1.29 is 19.4 Å². The maximum atomic E-state index is 12.3. The van der Waals surface area contributed by atoms with Gasteiger partial charge in [0.25, 0.3) is 0 Å². The normalized spacial score (nSPS) is 11.0. The average Bonchev–Trinajstić information content (AvgIpc) is 2.94. The van der Waals surface area contributed by atoms with E-state index in [0.29, 0.717) is 21.2 Å². The van der Waals surface area contributed by atoms with Gasteiger partial charge in [0.1, 0.15) is 21.9 Å². The zero-order chi connectivity index (χ0) is 19.7. The van der Waals surface area contributed by atoms with Gasteiger partial charge < -0.3 is 15.2 Å². The van der Waals surface area contributed by atoms with Gasteiger partial charge in [0.15, 0.2) is 0 Å². The molecule has 140 valence electrons. The molecule has 0 atom stereocenters. The number of benzene rings is 1. The Morgan fingerprint density at radius 3 is 2.63 bits per heavy atom. The monoisotopic (exact) mass is 385 g/mol. The van der Waals surface area contributed by atoms with Gasteiger partial charge in [-0.25, -0.2) is 19.6 Å². The summed E-state index contributed by atoms with van der Waals surface area (Å²) in [6, 6.07) is 4.84. The second-order valence-electron chi connectivity index (χ2n) is 6.37. The van der Waals surface area contributed by atoms with Crippen LogP contribution >= 0.6 is 11.3 Å². The number of rotatable bonds is 5. The van der Waals surface area contributed by atoms with Gasteiger partial charge >= 0.3 is 11.9 Å². The lowest BCUT2D eigenvalue weighted by Gasteiger charge is -2.11. The summed E-state index contributed by atoms with van der Waals surface area (Å²) in [7, 11) is 0. The molecule has 7 nitrogen and oxygen atoms in total. The van der Waals surface area contributed by atoms with Crippen LogP contribution in [-0.2, 0) is 4.74 Å². The van der Waals surface area contributed by atoms with Crippen molar-refractivity contribution >= 4 is 45.0 Å². The highest BCUT2D eigenvalue weighted by Gasteiger charge is 2.21. The van der Waals surface area contributed by atoms with Gasteiger partial charge in [-0.2, -0.15) is 0 Å². The van der Waals surface area contributed by atoms with Crippen LogP contribution in [0.15, 0.2) is 24.5 Å². The molecule has 2 N–H and O–H groups in total. The van der Waals surface area contributed by atoms with Gasteiger partial charge in [-0.1, -0.05) is 6.07 Å². The van der Waals surface area contributed by atoms with Crippen LogP contribution in [0.4, 0.5) is 11.5 Å². The molecule has 0 aliphatic rings. The van der Waals surface area contributed by atoms with E-state index in [0.717, 1.165) is 16.5 Å². The van der Waals surface area contributed by atoms with Gasteiger partial charge in [-0.3, -0.25) is 0 Å². The van der Waals surface area contributed by atoms with Crippen molar-refractivity contribution in [1.29, 1.82) is 0 Å². The number of carbonyl (C=O) groups is 2. The minimum Gasteiger partial charge on any atom is -0.478 e. The number of hydrogen-bond acceptors (Lipinski definition) is 7. The van der Waals surface area contributed by atoms with E-state index in [4.69, 9.17) is 4.74 Å². The number of ether oxygens (including phenoxy) is 1. The highest BCUT2D eigenvalue weighted by atomic mass is 32.1. The molecule has 0 fully saturated rings. The van der Waals surface area contributed by atoms with Crippen LogP contribution in [0, 0.1) is 13.8 Å². The van der Waals surface area contributed by atoms with Crippen molar-refractivity contribution in [3.8, 4) is 0 Å². The first-order valence-corrected chi connectivity index (χ1v) is 9.15. The first-order valence-electron chi connectivity index (χ1n) is 8.34. The fourth-order valence-electron chi connectivity index (χ4n) is 2.65. The molecule has 0 radical (unpaired) electrons. The van der Waals surface area contributed by atoms with Crippen molar-refractivity contribution in [3.63, 3.8) is 0 Å². The lowest BCUT2D eigenvalue weighted by atomic mass is 10.1. The number of anilines is 2. The number of carbonyl (C=O) groups excluding carboxylic acids is 1. The molecular weight excluding hydrogens is 366 g/mol. The summed E-state index contributed by atoms with van der Waals surface area (Å²) < 4.78 is 5.30. The molecule has 2 heterocycles. The molecule has 0 spiro atoms. The topological polar surface area (TPSA) is 101 Å². The number of esters is 1. The standard InChI is InChI=1S/C19H19N3O4S/c1-9(2)26-19(25)15-11(4)14-16(20-8-21-17(14)27-15)22-13-7-12(18(23)24)6-5-10(13)3/h5-9H,1-4H3,(H,23,24)(H,20,21,22). The summed E-state index contributed by atoms with van der Waals surface area (Å²) in [5, 5.41) is 13.1. The Kier molecular flexibility index (Phi) is 5.09. The van der Waals surface area contributed by atoms with E-state index in [-0.39, 0.29) is 17.6 Å². The Morgan fingerprint density at radius 2 is 1.96 bits per heavy atom. The van der Waals surface area contributed by atoms with Crippen molar-refractivity contribution in [2.45, 2.75) is 33.8 Å². The number of nitrogens with zero attached hydrogens (tertiary/aromatic N) is 2. The van der Waals surface area contributed by atoms with Gasteiger partial charge in [0.2, 0.25) is 0 Å². The van der Waals surface area contributed by atoms with Crippen molar-refractivity contribution in [1.82, 2.24) is 9.97 Å². The fraction of sp³-hybridized carbons (Fsp3) is 0.263. The van der Waals surface area contributed by atoms with Gasteiger partial charge in [-0.15, -0.1) is 11.3 Å². The summed E-state index contributed by atoms with van der Waals surface area (Å²) in [6.45, 7) is 7.29. The summed E-state index contributed by atoms with van der Waals surface area (Å²) in [5.74, 6) is -0.875. The predicted molar refractivity (Wildman–Crippen MR) is 104 cm³/mol. The number of carboxylic acid groups (broad SMARTS) is 1. The molecule has 3 rings (SSSR count). The molecule has 0 saturated carbocycles. The molecule has 0 amide bonds. The zero-order valence-electron chi connectivity index (χ0n) is 15.4. The lowest BCUT2D eigenvalue weighted by molar-refractivity contribution is 0.0383. The van der Waals surface area contributed by atoms with Crippen LogP contribution in [0.5, 0.6) is 0 Å².